The summed E-state index contributed by atoms with van der Waals surface area (Å²) in [7, 11) is 0. The highest BCUT2D eigenvalue weighted by molar-refractivity contribution is 4.91. The molecule has 1 aromatic heterocycles. The molecular formula is C8H13N3O. The maximum Gasteiger partial charge on any atom is 0.0722 e. The normalized spacial score (nSPS) is 19.8. The third-order valence-corrected chi connectivity index (χ3v) is 2.29. The topological polar surface area (TPSA) is 39.9 Å². The van der Waals surface area contributed by atoms with Gasteiger partial charge in [0.15, 0.2) is 0 Å². The van der Waals surface area contributed by atoms with Crippen LogP contribution in [0, 0.1) is 6.92 Å². The number of aryl methyl sites for hydroxylation is 1. The molecule has 4 nitrogen and oxygen atoms in total. The zero-order valence-corrected chi connectivity index (χ0v) is 7.23. The van der Waals surface area contributed by atoms with E-state index in [1.807, 2.05) is 11.6 Å². The Morgan fingerprint density at radius 3 is 2.83 bits per heavy atom. The monoisotopic (exact) mass is 167 g/mol. The molecule has 0 bridgehead atoms. The summed E-state index contributed by atoms with van der Waals surface area (Å²) >= 11 is 0. The molecule has 1 aliphatic rings. The Labute approximate surface area is 71.5 Å². The predicted molar refractivity (Wildman–Crippen MR) is 43.8 cm³/mol. The summed E-state index contributed by atoms with van der Waals surface area (Å²) in [5.74, 6) is 0. The number of nitrogens with zero attached hydrogens (tertiary/aromatic N) is 3. The number of hydrogen-bond donors (Lipinski definition) is 0. The molecule has 1 saturated heterocycles. The lowest BCUT2D eigenvalue weighted by atomic mass is 10.1. The lowest BCUT2D eigenvalue weighted by Gasteiger charge is -2.22. The summed E-state index contributed by atoms with van der Waals surface area (Å²) in [6, 6.07) is 0.501. The Bertz CT molecular complexity index is 253. The van der Waals surface area contributed by atoms with Gasteiger partial charge < -0.3 is 4.74 Å². The van der Waals surface area contributed by atoms with Crippen molar-refractivity contribution in [3.05, 3.63) is 11.9 Å². The fourth-order valence-electron chi connectivity index (χ4n) is 1.59. The summed E-state index contributed by atoms with van der Waals surface area (Å²) in [6.45, 7) is 3.74. The first-order valence-electron chi connectivity index (χ1n) is 4.32. The maximum atomic E-state index is 5.28. The van der Waals surface area contributed by atoms with Gasteiger partial charge in [0.05, 0.1) is 17.9 Å². The minimum Gasteiger partial charge on any atom is -0.381 e. The van der Waals surface area contributed by atoms with Gasteiger partial charge in [0, 0.05) is 13.2 Å². The van der Waals surface area contributed by atoms with Gasteiger partial charge in [0.25, 0.3) is 0 Å². The van der Waals surface area contributed by atoms with E-state index in [-0.39, 0.29) is 0 Å². The summed E-state index contributed by atoms with van der Waals surface area (Å²) in [5.41, 5.74) is 1.14. The van der Waals surface area contributed by atoms with Gasteiger partial charge >= 0.3 is 0 Å². The first-order chi connectivity index (χ1) is 5.88. The zero-order chi connectivity index (χ0) is 8.39. The molecule has 0 aliphatic carbocycles. The smallest absolute Gasteiger partial charge is 0.0722 e. The van der Waals surface area contributed by atoms with Gasteiger partial charge in [0.1, 0.15) is 0 Å². The van der Waals surface area contributed by atoms with Crippen LogP contribution in [-0.2, 0) is 4.74 Å². The molecule has 66 valence electrons. The first kappa shape index (κ1) is 7.73. The largest absolute Gasteiger partial charge is 0.381 e. The van der Waals surface area contributed by atoms with E-state index in [0.29, 0.717) is 6.04 Å². The second-order valence-corrected chi connectivity index (χ2v) is 3.16. The fraction of sp³-hybridized carbons (Fsp3) is 0.750. The number of rotatable bonds is 1. The highest BCUT2D eigenvalue weighted by atomic mass is 16.5. The summed E-state index contributed by atoms with van der Waals surface area (Å²) in [6.07, 6.45) is 3.92. The predicted octanol–water partition coefficient (Wildman–Crippen LogP) is 0.938. The minimum absolute atomic E-state index is 0.501. The Balaban J connectivity index is 2.13. The second kappa shape index (κ2) is 3.23. The fourth-order valence-corrected chi connectivity index (χ4v) is 1.59. The van der Waals surface area contributed by atoms with Crippen LogP contribution in [0.2, 0.25) is 0 Å². The Hall–Kier alpha value is -0.900. The molecule has 0 radical (unpaired) electrons. The molecule has 0 N–H and O–H groups in total. The van der Waals surface area contributed by atoms with Gasteiger partial charge in [-0.3, -0.25) is 0 Å². The molecule has 1 aliphatic heterocycles. The number of hydrogen-bond acceptors (Lipinski definition) is 3. The first-order valence-corrected chi connectivity index (χ1v) is 4.32. The van der Waals surface area contributed by atoms with Crippen molar-refractivity contribution >= 4 is 0 Å². The highest BCUT2D eigenvalue weighted by Crippen LogP contribution is 2.20. The molecule has 0 atom stereocenters. The van der Waals surface area contributed by atoms with Crippen molar-refractivity contribution in [2.45, 2.75) is 25.8 Å². The molecule has 0 spiro atoms. The van der Waals surface area contributed by atoms with Gasteiger partial charge in [-0.25, -0.2) is 4.68 Å². The Kier molecular flexibility index (Phi) is 2.08. The molecular weight excluding hydrogens is 154 g/mol. The molecule has 1 fully saturated rings. The van der Waals surface area contributed by atoms with Gasteiger partial charge in [0.2, 0.25) is 0 Å². The zero-order valence-electron chi connectivity index (χ0n) is 7.23. The average Bonchev–Trinajstić information content (AvgIpc) is 2.53. The summed E-state index contributed by atoms with van der Waals surface area (Å²) in [5, 5.41) is 7.92. The molecule has 0 aromatic carbocycles. The number of aromatic nitrogens is 3. The van der Waals surface area contributed by atoms with E-state index >= 15 is 0 Å². The van der Waals surface area contributed by atoms with Crippen LogP contribution in [0.25, 0.3) is 0 Å². The van der Waals surface area contributed by atoms with Crippen molar-refractivity contribution in [1.29, 1.82) is 0 Å². The average molecular weight is 167 g/mol. The Morgan fingerprint density at radius 2 is 2.25 bits per heavy atom. The van der Waals surface area contributed by atoms with Crippen LogP contribution in [0.4, 0.5) is 0 Å². The third kappa shape index (κ3) is 1.34. The van der Waals surface area contributed by atoms with Gasteiger partial charge in [-0.1, -0.05) is 5.21 Å². The number of ether oxygens (including phenoxy) is 1. The van der Waals surface area contributed by atoms with Crippen LogP contribution in [-0.4, -0.2) is 28.2 Å². The molecule has 2 rings (SSSR count). The molecule has 2 heterocycles. The molecule has 4 heteroatoms. The van der Waals surface area contributed by atoms with E-state index in [1.165, 1.54) is 0 Å². The van der Waals surface area contributed by atoms with Gasteiger partial charge in [-0.05, 0) is 19.8 Å². The van der Waals surface area contributed by atoms with E-state index < -0.39 is 0 Å². The van der Waals surface area contributed by atoms with Crippen LogP contribution in [0.5, 0.6) is 0 Å². The van der Waals surface area contributed by atoms with E-state index in [4.69, 9.17) is 4.74 Å². The third-order valence-electron chi connectivity index (χ3n) is 2.29. The summed E-state index contributed by atoms with van der Waals surface area (Å²) in [4.78, 5) is 0. The molecule has 0 unspecified atom stereocenters. The van der Waals surface area contributed by atoms with Crippen molar-refractivity contribution in [2.24, 2.45) is 0 Å². The quantitative estimate of drug-likeness (QED) is 0.625. The molecule has 0 amide bonds. The van der Waals surface area contributed by atoms with E-state index in [1.54, 1.807) is 6.20 Å². The molecule has 1 aromatic rings. The van der Waals surface area contributed by atoms with Crippen LogP contribution in [0.1, 0.15) is 24.6 Å². The van der Waals surface area contributed by atoms with Crippen molar-refractivity contribution in [3.8, 4) is 0 Å². The van der Waals surface area contributed by atoms with Crippen molar-refractivity contribution in [3.63, 3.8) is 0 Å². The Morgan fingerprint density at radius 1 is 1.50 bits per heavy atom. The minimum atomic E-state index is 0.501. The lowest BCUT2D eigenvalue weighted by Crippen LogP contribution is -2.21. The van der Waals surface area contributed by atoms with Crippen LogP contribution < -0.4 is 0 Å². The van der Waals surface area contributed by atoms with E-state index in [2.05, 4.69) is 10.3 Å². The molecule has 12 heavy (non-hydrogen) atoms. The van der Waals surface area contributed by atoms with E-state index in [0.717, 1.165) is 31.7 Å². The lowest BCUT2D eigenvalue weighted by molar-refractivity contribution is 0.0651. The maximum absolute atomic E-state index is 5.28. The molecule has 0 saturated carbocycles. The van der Waals surface area contributed by atoms with Crippen molar-refractivity contribution < 1.29 is 4.74 Å². The highest BCUT2D eigenvalue weighted by Gasteiger charge is 2.17. The van der Waals surface area contributed by atoms with Crippen molar-refractivity contribution in [2.75, 3.05) is 13.2 Å². The van der Waals surface area contributed by atoms with Crippen LogP contribution in [0.15, 0.2) is 6.20 Å². The summed E-state index contributed by atoms with van der Waals surface area (Å²) < 4.78 is 7.28. The van der Waals surface area contributed by atoms with Gasteiger partial charge in [-0.2, -0.15) is 0 Å². The van der Waals surface area contributed by atoms with E-state index in [9.17, 15) is 0 Å². The standard InChI is InChI=1S/C8H13N3O/c1-7-6-9-10-11(7)8-2-4-12-5-3-8/h6,8H,2-5H2,1H3. The van der Waals surface area contributed by atoms with Crippen LogP contribution >= 0.6 is 0 Å². The van der Waals surface area contributed by atoms with Crippen LogP contribution in [0.3, 0.4) is 0 Å². The second-order valence-electron chi connectivity index (χ2n) is 3.16. The van der Waals surface area contributed by atoms with Gasteiger partial charge in [-0.15, -0.1) is 5.10 Å². The van der Waals surface area contributed by atoms with Crippen molar-refractivity contribution in [1.82, 2.24) is 15.0 Å². The SMILES string of the molecule is Cc1cnnn1C1CCOCC1.